The van der Waals surface area contributed by atoms with Crippen LogP contribution in [0.2, 0.25) is 10.0 Å². The number of benzene rings is 3. The highest BCUT2D eigenvalue weighted by Gasteiger charge is 2.31. The molecule has 2 amide bonds. The zero-order chi connectivity index (χ0) is 24.3. The minimum atomic E-state index is -0.743. The van der Waals surface area contributed by atoms with E-state index in [4.69, 9.17) is 27.9 Å². The third-order valence-corrected chi connectivity index (χ3v) is 5.87. The van der Waals surface area contributed by atoms with E-state index in [0.717, 1.165) is 12.0 Å². The Morgan fingerprint density at radius 3 is 2.29 bits per heavy atom. The van der Waals surface area contributed by atoms with Gasteiger partial charge >= 0.3 is 0 Å². The van der Waals surface area contributed by atoms with E-state index >= 15 is 0 Å². The fourth-order valence-corrected chi connectivity index (χ4v) is 3.97. The molecule has 0 aliphatic heterocycles. The Morgan fingerprint density at radius 2 is 1.65 bits per heavy atom. The molecule has 0 aliphatic rings. The Labute approximate surface area is 210 Å². The van der Waals surface area contributed by atoms with Gasteiger partial charge in [0.25, 0.3) is 5.91 Å². The average molecular weight is 499 g/mol. The fourth-order valence-electron chi connectivity index (χ4n) is 3.50. The molecule has 0 aromatic heterocycles. The molecule has 0 saturated carbocycles. The highest BCUT2D eigenvalue weighted by molar-refractivity contribution is 6.35. The van der Waals surface area contributed by atoms with Crippen LogP contribution in [0.5, 0.6) is 5.75 Å². The first-order valence-corrected chi connectivity index (χ1v) is 12.0. The molecule has 5 nitrogen and oxygen atoms in total. The Balaban J connectivity index is 1.91. The first-order valence-electron chi connectivity index (χ1n) is 11.2. The van der Waals surface area contributed by atoms with Gasteiger partial charge in [-0.05, 0) is 41.8 Å². The molecule has 0 fully saturated rings. The molecular formula is C27H28Cl2N2O3. The zero-order valence-corrected chi connectivity index (χ0v) is 20.6. The molecular weight excluding hydrogens is 471 g/mol. The lowest BCUT2D eigenvalue weighted by atomic mass is 10.0. The fraction of sp³-hybridized carbons (Fsp3) is 0.259. The van der Waals surface area contributed by atoms with Crippen LogP contribution in [0.25, 0.3) is 0 Å². The van der Waals surface area contributed by atoms with Gasteiger partial charge in [-0.25, -0.2) is 0 Å². The largest absolute Gasteiger partial charge is 0.484 e. The molecule has 1 N–H and O–H groups in total. The predicted octanol–water partition coefficient (Wildman–Crippen LogP) is 5.54. The van der Waals surface area contributed by atoms with Crippen molar-refractivity contribution in [3.05, 3.63) is 100 Å². The Bertz CT molecular complexity index is 1080. The molecule has 0 saturated heterocycles. The van der Waals surface area contributed by atoms with E-state index in [9.17, 15) is 9.59 Å². The van der Waals surface area contributed by atoms with Crippen molar-refractivity contribution in [3.63, 3.8) is 0 Å². The molecule has 0 spiro atoms. The maximum Gasteiger partial charge on any atom is 0.261 e. The van der Waals surface area contributed by atoms with Gasteiger partial charge in [0.1, 0.15) is 11.8 Å². The van der Waals surface area contributed by atoms with E-state index in [1.54, 1.807) is 30.3 Å². The summed E-state index contributed by atoms with van der Waals surface area (Å²) in [6, 6.07) is 23.1. The highest BCUT2D eigenvalue weighted by Crippen LogP contribution is 2.24. The second-order valence-corrected chi connectivity index (χ2v) is 8.70. The number of rotatable bonds is 11. The first-order chi connectivity index (χ1) is 16.5. The van der Waals surface area contributed by atoms with Gasteiger partial charge < -0.3 is 15.0 Å². The summed E-state index contributed by atoms with van der Waals surface area (Å²) in [5.41, 5.74) is 1.64. The second-order valence-electron chi connectivity index (χ2n) is 7.86. The van der Waals surface area contributed by atoms with Crippen molar-refractivity contribution in [1.29, 1.82) is 0 Å². The minimum absolute atomic E-state index is 0.143. The number of carbonyl (C=O) groups excluding carboxylic acids is 2. The molecule has 178 valence electrons. The topological polar surface area (TPSA) is 58.6 Å². The summed E-state index contributed by atoms with van der Waals surface area (Å²) < 4.78 is 5.72. The van der Waals surface area contributed by atoms with Crippen LogP contribution in [0.15, 0.2) is 78.9 Å². The Hall–Kier alpha value is -3.02. The van der Waals surface area contributed by atoms with E-state index in [1.807, 2.05) is 55.5 Å². The third kappa shape index (κ3) is 7.51. The van der Waals surface area contributed by atoms with Crippen molar-refractivity contribution in [2.75, 3.05) is 13.2 Å². The predicted molar refractivity (Wildman–Crippen MR) is 136 cm³/mol. The van der Waals surface area contributed by atoms with Gasteiger partial charge in [-0.3, -0.25) is 9.59 Å². The number of hydrogen-bond donors (Lipinski definition) is 1. The van der Waals surface area contributed by atoms with Gasteiger partial charge in [0.05, 0.1) is 0 Å². The summed E-state index contributed by atoms with van der Waals surface area (Å²) in [7, 11) is 0. The van der Waals surface area contributed by atoms with Crippen LogP contribution in [0.1, 0.15) is 24.5 Å². The standard InChI is InChI=1S/C27H28Cl2N2O3/c1-2-15-30-27(33)25(16-20-9-5-3-6-10-20)31(18-21-13-14-22(28)17-24(21)29)26(32)19-34-23-11-7-4-8-12-23/h3-14,17,25H,2,15-16,18-19H2,1H3,(H,30,33)/t25-/m0/s1. The molecule has 0 bridgehead atoms. The van der Waals surface area contributed by atoms with Crippen LogP contribution < -0.4 is 10.1 Å². The number of halogens is 2. The highest BCUT2D eigenvalue weighted by atomic mass is 35.5. The molecule has 0 unspecified atom stereocenters. The second kappa shape index (κ2) is 13.0. The molecule has 0 heterocycles. The van der Waals surface area contributed by atoms with Crippen LogP contribution in [0.4, 0.5) is 0 Å². The quantitative estimate of drug-likeness (QED) is 0.377. The molecule has 1 atom stereocenters. The number of para-hydroxylation sites is 1. The molecule has 3 rings (SSSR count). The zero-order valence-electron chi connectivity index (χ0n) is 19.0. The third-order valence-electron chi connectivity index (χ3n) is 5.28. The van der Waals surface area contributed by atoms with E-state index in [2.05, 4.69) is 5.32 Å². The summed E-state index contributed by atoms with van der Waals surface area (Å²) in [6.07, 6.45) is 1.15. The molecule has 0 aliphatic carbocycles. The van der Waals surface area contributed by atoms with Crippen LogP contribution in [0, 0.1) is 0 Å². The summed E-state index contributed by atoms with van der Waals surface area (Å²) in [5, 5.41) is 3.88. The maximum absolute atomic E-state index is 13.5. The Morgan fingerprint density at radius 1 is 0.971 bits per heavy atom. The Kier molecular flexibility index (Phi) is 9.80. The molecule has 3 aromatic rings. The molecule has 7 heteroatoms. The minimum Gasteiger partial charge on any atom is -0.484 e. The first kappa shape index (κ1) is 25.6. The van der Waals surface area contributed by atoms with Crippen molar-refractivity contribution in [1.82, 2.24) is 10.2 Å². The number of ether oxygens (including phenoxy) is 1. The van der Waals surface area contributed by atoms with Crippen LogP contribution in [-0.2, 0) is 22.6 Å². The van der Waals surface area contributed by atoms with Crippen molar-refractivity contribution in [2.45, 2.75) is 32.4 Å². The number of hydrogen-bond acceptors (Lipinski definition) is 3. The van der Waals surface area contributed by atoms with Crippen LogP contribution in [-0.4, -0.2) is 35.9 Å². The van der Waals surface area contributed by atoms with Gasteiger partial charge in [0.2, 0.25) is 5.91 Å². The number of nitrogens with one attached hydrogen (secondary N) is 1. The lowest BCUT2D eigenvalue weighted by molar-refractivity contribution is -0.142. The SMILES string of the molecule is CCCNC(=O)[C@H](Cc1ccccc1)N(Cc1ccc(Cl)cc1Cl)C(=O)COc1ccccc1. The van der Waals surface area contributed by atoms with Gasteiger partial charge in [0, 0.05) is 29.6 Å². The number of carbonyl (C=O) groups is 2. The summed E-state index contributed by atoms with van der Waals surface area (Å²) >= 11 is 12.5. The van der Waals surface area contributed by atoms with Crippen molar-refractivity contribution in [2.24, 2.45) is 0 Å². The van der Waals surface area contributed by atoms with E-state index < -0.39 is 6.04 Å². The average Bonchev–Trinajstić information content (AvgIpc) is 2.85. The van der Waals surface area contributed by atoms with E-state index in [0.29, 0.717) is 34.3 Å². The van der Waals surface area contributed by atoms with Crippen molar-refractivity contribution in [3.8, 4) is 5.75 Å². The maximum atomic E-state index is 13.5. The summed E-state index contributed by atoms with van der Waals surface area (Å²) in [4.78, 5) is 28.3. The van der Waals surface area contributed by atoms with Crippen molar-refractivity contribution < 1.29 is 14.3 Å². The van der Waals surface area contributed by atoms with E-state index in [1.165, 1.54) is 4.90 Å². The lowest BCUT2D eigenvalue weighted by Gasteiger charge is -2.31. The number of amides is 2. The van der Waals surface area contributed by atoms with Gasteiger partial charge in [-0.15, -0.1) is 0 Å². The summed E-state index contributed by atoms with van der Waals surface area (Å²) in [5.74, 6) is 0.0432. The summed E-state index contributed by atoms with van der Waals surface area (Å²) in [6.45, 7) is 2.44. The van der Waals surface area contributed by atoms with E-state index in [-0.39, 0.29) is 25.0 Å². The molecule has 3 aromatic carbocycles. The molecule has 0 radical (unpaired) electrons. The van der Waals surface area contributed by atoms with Gasteiger partial charge in [0.15, 0.2) is 6.61 Å². The van der Waals surface area contributed by atoms with Crippen molar-refractivity contribution >= 4 is 35.0 Å². The van der Waals surface area contributed by atoms with Crippen LogP contribution in [0.3, 0.4) is 0 Å². The lowest BCUT2D eigenvalue weighted by Crippen LogP contribution is -2.51. The number of nitrogens with zero attached hydrogens (tertiary/aromatic N) is 1. The van der Waals surface area contributed by atoms with Gasteiger partial charge in [-0.2, -0.15) is 0 Å². The normalized spacial score (nSPS) is 11.5. The molecule has 34 heavy (non-hydrogen) atoms. The monoisotopic (exact) mass is 498 g/mol. The van der Waals surface area contributed by atoms with Crippen LogP contribution >= 0.6 is 23.2 Å². The van der Waals surface area contributed by atoms with Gasteiger partial charge in [-0.1, -0.05) is 84.7 Å². The smallest absolute Gasteiger partial charge is 0.261 e.